The number of amides is 1. The van der Waals surface area contributed by atoms with Crippen molar-refractivity contribution in [2.45, 2.75) is 39.2 Å². The average Bonchev–Trinajstić information content (AvgIpc) is 2.70. The number of fused-ring (bicyclic) bond motifs is 1. The monoisotopic (exact) mass is 398 g/mol. The van der Waals surface area contributed by atoms with E-state index in [2.05, 4.69) is 12.2 Å². The van der Waals surface area contributed by atoms with Crippen LogP contribution in [-0.2, 0) is 11.3 Å². The van der Waals surface area contributed by atoms with Crippen molar-refractivity contribution in [3.8, 4) is 11.5 Å². The first-order valence-electron chi connectivity index (χ1n) is 9.84. The van der Waals surface area contributed by atoms with Gasteiger partial charge in [-0.05, 0) is 36.8 Å². The minimum atomic E-state index is -1.08. The maximum absolute atomic E-state index is 12.1. The molecule has 3 N–H and O–H groups in total. The highest BCUT2D eigenvalue weighted by molar-refractivity contribution is 5.91. The van der Waals surface area contributed by atoms with Crippen LogP contribution in [0.5, 0.6) is 11.5 Å². The molecule has 1 aliphatic rings. The van der Waals surface area contributed by atoms with Gasteiger partial charge in [-0.2, -0.15) is 0 Å². The number of hydrogen-bond donors (Lipinski definition) is 3. The van der Waals surface area contributed by atoms with Crippen molar-refractivity contribution in [2.24, 2.45) is 0 Å². The summed E-state index contributed by atoms with van der Waals surface area (Å²) < 4.78 is 5.72. The van der Waals surface area contributed by atoms with E-state index in [9.17, 15) is 14.7 Å². The van der Waals surface area contributed by atoms with Crippen molar-refractivity contribution in [1.29, 1.82) is 0 Å². The number of aromatic carboxylic acids is 1. The molecule has 7 nitrogen and oxygen atoms in total. The number of hydrogen-bond acceptors (Lipinski definition) is 5. The number of unbranched alkanes of at least 4 members (excludes halogenated alkanes) is 2. The predicted molar refractivity (Wildman–Crippen MR) is 111 cm³/mol. The van der Waals surface area contributed by atoms with Crippen LogP contribution < -0.4 is 15.0 Å². The van der Waals surface area contributed by atoms with Gasteiger partial charge in [0, 0.05) is 24.2 Å². The van der Waals surface area contributed by atoms with Crippen LogP contribution in [0.2, 0.25) is 0 Å². The van der Waals surface area contributed by atoms with Crippen LogP contribution in [0.1, 0.15) is 48.5 Å². The van der Waals surface area contributed by atoms with E-state index in [1.165, 1.54) is 12.1 Å². The number of phenols is 1. The first-order chi connectivity index (χ1) is 14.0. The van der Waals surface area contributed by atoms with Gasteiger partial charge >= 0.3 is 5.97 Å². The van der Waals surface area contributed by atoms with E-state index in [-0.39, 0.29) is 17.2 Å². The van der Waals surface area contributed by atoms with E-state index in [1.807, 2.05) is 23.1 Å². The molecule has 0 atom stereocenters. The average molecular weight is 398 g/mol. The molecular formula is C22H26N2O5. The Morgan fingerprint density at radius 2 is 2.00 bits per heavy atom. The molecule has 0 aliphatic carbocycles. The summed E-state index contributed by atoms with van der Waals surface area (Å²) in [7, 11) is 0. The highest BCUT2D eigenvalue weighted by Gasteiger charge is 2.20. The van der Waals surface area contributed by atoms with Crippen molar-refractivity contribution in [2.75, 3.05) is 23.4 Å². The zero-order chi connectivity index (χ0) is 20.8. The number of carbonyl (C=O) groups excluding carboxylic acids is 1. The largest absolute Gasteiger partial charge is 0.508 e. The summed E-state index contributed by atoms with van der Waals surface area (Å²) in [5.74, 6) is -0.438. The summed E-state index contributed by atoms with van der Waals surface area (Å²) in [5.41, 5.74) is 2.19. The first kappa shape index (κ1) is 20.5. The number of nitrogens with zero attached hydrogens (tertiary/aromatic N) is 1. The first-order valence-corrected chi connectivity index (χ1v) is 9.84. The van der Waals surface area contributed by atoms with Gasteiger partial charge < -0.3 is 25.2 Å². The predicted octanol–water partition coefficient (Wildman–Crippen LogP) is 4.01. The van der Waals surface area contributed by atoms with Crippen LogP contribution in [-0.4, -0.2) is 35.2 Å². The second-order valence-electron chi connectivity index (χ2n) is 7.11. The fourth-order valence-electron chi connectivity index (χ4n) is 3.31. The second-order valence-corrected chi connectivity index (χ2v) is 7.11. The van der Waals surface area contributed by atoms with Gasteiger partial charge in [0.25, 0.3) is 0 Å². The van der Waals surface area contributed by atoms with Crippen LogP contribution in [0, 0.1) is 0 Å². The Morgan fingerprint density at radius 3 is 2.72 bits per heavy atom. The zero-order valence-corrected chi connectivity index (χ0v) is 16.5. The van der Waals surface area contributed by atoms with Crippen LogP contribution in [0.15, 0.2) is 36.4 Å². The molecule has 154 valence electrons. The molecule has 0 saturated heterocycles. The second kappa shape index (κ2) is 9.32. The van der Waals surface area contributed by atoms with Gasteiger partial charge in [0.1, 0.15) is 18.1 Å². The van der Waals surface area contributed by atoms with Gasteiger partial charge in [0.15, 0.2) is 0 Å². The summed E-state index contributed by atoms with van der Waals surface area (Å²) in [6, 6.07) is 9.87. The quantitative estimate of drug-likeness (QED) is 0.581. The molecule has 7 heteroatoms. The molecule has 2 aromatic rings. The summed E-state index contributed by atoms with van der Waals surface area (Å²) >= 11 is 0. The Labute approximate surface area is 169 Å². The number of carboxylic acids is 1. The zero-order valence-electron chi connectivity index (χ0n) is 16.5. The number of rotatable bonds is 8. The lowest BCUT2D eigenvalue weighted by molar-refractivity contribution is -0.116. The van der Waals surface area contributed by atoms with E-state index >= 15 is 0 Å². The third-order valence-electron chi connectivity index (χ3n) is 4.90. The maximum atomic E-state index is 12.1. The fraction of sp³-hybridized carbons (Fsp3) is 0.364. The van der Waals surface area contributed by atoms with Gasteiger partial charge in [-0.25, -0.2) is 4.79 Å². The Kier molecular flexibility index (Phi) is 6.59. The number of phenolic OH excluding ortho intramolecular Hbond substituents is 1. The van der Waals surface area contributed by atoms with Gasteiger partial charge in [0.05, 0.1) is 17.8 Å². The van der Waals surface area contributed by atoms with Gasteiger partial charge in [0.2, 0.25) is 5.91 Å². The molecule has 0 fully saturated rings. The van der Waals surface area contributed by atoms with Crippen molar-refractivity contribution in [3.63, 3.8) is 0 Å². The molecule has 0 spiro atoms. The number of anilines is 2. The molecule has 0 saturated carbocycles. The van der Waals surface area contributed by atoms with Crippen molar-refractivity contribution < 1.29 is 24.5 Å². The minimum Gasteiger partial charge on any atom is -0.508 e. The molecule has 0 radical (unpaired) electrons. The van der Waals surface area contributed by atoms with Crippen molar-refractivity contribution >= 4 is 23.3 Å². The van der Waals surface area contributed by atoms with E-state index in [0.29, 0.717) is 43.1 Å². The number of ether oxygens (including phenoxy) is 1. The number of carbonyl (C=O) groups is 2. The Bertz CT molecular complexity index is 897. The smallest absolute Gasteiger partial charge is 0.335 e. The Morgan fingerprint density at radius 1 is 1.17 bits per heavy atom. The van der Waals surface area contributed by atoms with Crippen LogP contribution in [0.4, 0.5) is 11.4 Å². The van der Waals surface area contributed by atoms with E-state index < -0.39 is 5.97 Å². The number of aromatic hydroxyl groups is 1. The summed E-state index contributed by atoms with van der Waals surface area (Å²) in [5, 5.41) is 22.2. The lowest BCUT2D eigenvalue weighted by atomic mass is 10.1. The molecular weight excluding hydrogens is 372 g/mol. The number of benzene rings is 2. The molecule has 29 heavy (non-hydrogen) atoms. The summed E-state index contributed by atoms with van der Waals surface area (Å²) in [4.78, 5) is 25.2. The van der Waals surface area contributed by atoms with E-state index in [0.717, 1.165) is 24.9 Å². The van der Waals surface area contributed by atoms with Gasteiger partial charge in [-0.3, -0.25) is 4.79 Å². The highest BCUT2D eigenvalue weighted by atomic mass is 16.5. The molecule has 1 amide bonds. The van der Waals surface area contributed by atoms with Crippen LogP contribution >= 0.6 is 0 Å². The third-order valence-corrected chi connectivity index (χ3v) is 4.90. The van der Waals surface area contributed by atoms with Gasteiger partial charge in [-0.1, -0.05) is 25.8 Å². The molecule has 0 bridgehead atoms. The normalized spacial score (nSPS) is 12.8. The Balaban J connectivity index is 1.75. The highest BCUT2D eigenvalue weighted by Crippen LogP contribution is 2.36. The summed E-state index contributed by atoms with van der Waals surface area (Å²) in [6.07, 6.45) is 3.46. The van der Waals surface area contributed by atoms with Crippen LogP contribution in [0.25, 0.3) is 0 Å². The lowest BCUT2D eigenvalue weighted by Gasteiger charge is -2.32. The molecule has 2 aromatic carbocycles. The fourth-order valence-corrected chi connectivity index (χ4v) is 3.31. The Hall–Kier alpha value is -3.22. The third kappa shape index (κ3) is 5.19. The maximum Gasteiger partial charge on any atom is 0.335 e. The van der Waals surface area contributed by atoms with Gasteiger partial charge in [-0.15, -0.1) is 0 Å². The summed E-state index contributed by atoms with van der Waals surface area (Å²) in [6.45, 7) is 3.61. The topological polar surface area (TPSA) is 99.1 Å². The molecule has 1 aliphatic heterocycles. The van der Waals surface area contributed by atoms with Crippen molar-refractivity contribution in [3.05, 3.63) is 47.5 Å². The van der Waals surface area contributed by atoms with Crippen LogP contribution in [0.3, 0.4) is 0 Å². The number of carboxylic acid groups (broad SMARTS) is 1. The minimum absolute atomic E-state index is 0.0106. The molecule has 0 aromatic heterocycles. The molecule has 3 rings (SSSR count). The standard InChI is InChI=1S/C22H26N2O5/c1-2-3-4-5-21(26)23-17-8-9-20-18(13-17)24(10-11-29-20)14-16-7-6-15(22(27)28)12-19(16)25/h6-9,12-13,25H,2-5,10-11,14H2,1H3,(H,23,26)(H,27,28). The number of nitrogens with one attached hydrogen (secondary N) is 1. The van der Waals surface area contributed by atoms with Crippen molar-refractivity contribution in [1.82, 2.24) is 0 Å². The molecule has 0 unspecified atom stereocenters. The molecule has 1 heterocycles. The van der Waals surface area contributed by atoms with E-state index in [1.54, 1.807) is 6.07 Å². The van der Waals surface area contributed by atoms with E-state index in [4.69, 9.17) is 9.84 Å². The lowest BCUT2D eigenvalue weighted by Crippen LogP contribution is -2.32. The SMILES string of the molecule is CCCCCC(=O)Nc1ccc2c(c1)N(Cc1ccc(C(=O)O)cc1O)CCO2.